The van der Waals surface area contributed by atoms with E-state index in [4.69, 9.17) is 5.11 Å². The van der Waals surface area contributed by atoms with E-state index in [1.54, 1.807) is 29.2 Å². The van der Waals surface area contributed by atoms with Gasteiger partial charge in [-0.3, -0.25) is 9.59 Å². The Morgan fingerprint density at radius 3 is 2.23 bits per heavy atom. The highest BCUT2D eigenvalue weighted by molar-refractivity contribution is 6.03. The Morgan fingerprint density at radius 2 is 1.58 bits per heavy atom. The largest absolute Gasteiger partial charge is 0.481 e. The third kappa shape index (κ3) is 4.66. The second kappa shape index (κ2) is 9.13. The van der Waals surface area contributed by atoms with Gasteiger partial charge >= 0.3 is 5.97 Å². The molecule has 4 rings (SSSR count). The highest BCUT2D eigenvalue weighted by atomic mass is 19.1. The lowest BCUT2D eigenvalue weighted by molar-refractivity contribution is -0.136. The predicted molar refractivity (Wildman–Crippen MR) is 117 cm³/mol. The number of aryl methyl sites for hydroxylation is 1. The standard InChI is InChI=1S/C26H24FNO3/c27-21-13-15-22(16-14-21)28-25(20-11-9-19(10-12-20)17-24(29)30)23(26(28)31)8-4-7-18-5-2-1-3-6-18/h1-3,5-6,9-16,23,25H,4,7-8,17H2,(H,29,30). The highest BCUT2D eigenvalue weighted by Crippen LogP contribution is 2.45. The first-order valence-corrected chi connectivity index (χ1v) is 10.5. The van der Waals surface area contributed by atoms with E-state index in [0.717, 1.165) is 30.4 Å². The first-order chi connectivity index (χ1) is 15.0. The minimum Gasteiger partial charge on any atom is -0.481 e. The number of carboxylic acid groups (broad SMARTS) is 1. The summed E-state index contributed by atoms with van der Waals surface area (Å²) in [6, 6.07) is 23.4. The van der Waals surface area contributed by atoms with Gasteiger partial charge in [-0.2, -0.15) is 0 Å². The van der Waals surface area contributed by atoms with Crippen molar-refractivity contribution in [3.63, 3.8) is 0 Å². The Hall–Kier alpha value is -3.47. The number of benzene rings is 3. The summed E-state index contributed by atoms with van der Waals surface area (Å²) < 4.78 is 13.4. The van der Waals surface area contributed by atoms with Gasteiger partial charge in [0.2, 0.25) is 5.91 Å². The molecule has 1 heterocycles. The van der Waals surface area contributed by atoms with E-state index < -0.39 is 5.97 Å². The van der Waals surface area contributed by atoms with Gasteiger partial charge < -0.3 is 10.0 Å². The molecule has 3 aromatic carbocycles. The van der Waals surface area contributed by atoms with Crippen LogP contribution in [0.3, 0.4) is 0 Å². The fourth-order valence-electron chi connectivity index (χ4n) is 4.28. The number of nitrogens with zero attached hydrogens (tertiary/aromatic N) is 1. The zero-order chi connectivity index (χ0) is 21.8. The summed E-state index contributed by atoms with van der Waals surface area (Å²) in [6.45, 7) is 0. The molecule has 4 nitrogen and oxygen atoms in total. The molecule has 0 saturated carbocycles. The number of halogens is 1. The Kier molecular flexibility index (Phi) is 6.12. The molecule has 1 aliphatic rings. The number of β-lactam (4-membered cyclic amide) rings is 1. The van der Waals surface area contributed by atoms with E-state index in [1.165, 1.54) is 17.7 Å². The molecule has 2 unspecified atom stereocenters. The van der Waals surface area contributed by atoms with E-state index in [-0.39, 0.29) is 30.1 Å². The summed E-state index contributed by atoms with van der Waals surface area (Å²) in [6.07, 6.45) is 2.52. The minimum absolute atomic E-state index is 0.0357. The number of carboxylic acids is 1. The van der Waals surface area contributed by atoms with Gasteiger partial charge in [0.05, 0.1) is 18.4 Å². The molecule has 1 amide bonds. The summed E-state index contributed by atoms with van der Waals surface area (Å²) in [5, 5.41) is 9.00. The first kappa shape index (κ1) is 20.8. The van der Waals surface area contributed by atoms with Crippen molar-refractivity contribution in [1.82, 2.24) is 0 Å². The molecule has 0 aliphatic carbocycles. The summed E-state index contributed by atoms with van der Waals surface area (Å²) >= 11 is 0. The van der Waals surface area contributed by atoms with Crippen LogP contribution >= 0.6 is 0 Å². The molecule has 0 aromatic heterocycles. The maximum atomic E-state index is 13.4. The van der Waals surface area contributed by atoms with Gasteiger partial charge in [0.25, 0.3) is 0 Å². The average Bonchev–Trinajstić information content (AvgIpc) is 2.77. The molecule has 2 atom stereocenters. The number of carbonyl (C=O) groups is 2. The quantitative estimate of drug-likeness (QED) is 0.514. The number of anilines is 1. The second-order valence-electron chi connectivity index (χ2n) is 7.93. The summed E-state index contributed by atoms with van der Waals surface area (Å²) in [7, 11) is 0. The monoisotopic (exact) mass is 417 g/mol. The molecule has 0 spiro atoms. The summed E-state index contributed by atoms with van der Waals surface area (Å²) in [4.78, 5) is 25.7. The van der Waals surface area contributed by atoms with Gasteiger partial charge in [-0.05, 0) is 60.2 Å². The topological polar surface area (TPSA) is 57.6 Å². The second-order valence-corrected chi connectivity index (χ2v) is 7.93. The van der Waals surface area contributed by atoms with Crippen LogP contribution in [-0.2, 0) is 22.4 Å². The van der Waals surface area contributed by atoms with Crippen molar-refractivity contribution in [2.75, 3.05) is 4.90 Å². The van der Waals surface area contributed by atoms with E-state index in [1.807, 2.05) is 30.3 Å². The number of amides is 1. The molecular formula is C26H24FNO3. The third-order valence-corrected chi connectivity index (χ3v) is 5.82. The van der Waals surface area contributed by atoms with Gasteiger partial charge in [0.15, 0.2) is 0 Å². The van der Waals surface area contributed by atoms with Crippen molar-refractivity contribution in [1.29, 1.82) is 0 Å². The number of rotatable bonds is 8. The minimum atomic E-state index is -0.877. The van der Waals surface area contributed by atoms with E-state index in [9.17, 15) is 14.0 Å². The van der Waals surface area contributed by atoms with E-state index in [2.05, 4.69) is 12.1 Å². The SMILES string of the molecule is O=C(O)Cc1ccc(C2C(CCCc3ccccc3)C(=O)N2c2ccc(F)cc2)cc1. The molecule has 1 N–H and O–H groups in total. The van der Waals surface area contributed by atoms with Gasteiger partial charge in [0, 0.05) is 5.69 Å². The van der Waals surface area contributed by atoms with Crippen molar-refractivity contribution in [2.45, 2.75) is 31.7 Å². The molecule has 5 heteroatoms. The lowest BCUT2D eigenvalue weighted by Crippen LogP contribution is -2.55. The van der Waals surface area contributed by atoms with Gasteiger partial charge in [0.1, 0.15) is 5.82 Å². The van der Waals surface area contributed by atoms with E-state index >= 15 is 0 Å². The average molecular weight is 417 g/mol. The molecule has 0 bridgehead atoms. The Labute approximate surface area is 181 Å². The smallest absolute Gasteiger partial charge is 0.307 e. The molecule has 0 radical (unpaired) electrons. The number of hydrogen-bond donors (Lipinski definition) is 1. The van der Waals surface area contributed by atoms with Gasteiger partial charge in [-0.25, -0.2) is 4.39 Å². The van der Waals surface area contributed by atoms with Gasteiger partial charge in [-0.1, -0.05) is 54.6 Å². The van der Waals surface area contributed by atoms with Crippen molar-refractivity contribution in [3.05, 3.63) is 101 Å². The van der Waals surface area contributed by atoms with Crippen LogP contribution in [0.5, 0.6) is 0 Å². The molecule has 1 fully saturated rings. The number of hydrogen-bond acceptors (Lipinski definition) is 2. The molecule has 1 saturated heterocycles. The fourth-order valence-corrected chi connectivity index (χ4v) is 4.28. The molecule has 3 aromatic rings. The van der Waals surface area contributed by atoms with Crippen LogP contribution in [-0.4, -0.2) is 17.0 Å². The van der Waals surface area contributed by atoms with Crippen molar-refractivity contribution in [3.8, 4) is 0 Å². The van der Waals surface area contributed by atoms with Crippen LogP contribution < -0.4 is 4.90 Å². The zero-order valence-corrected chi connectivity index (χ0v) is 17.1. The number of aliphatic carboxylic acids is 1. The number of carbonyl (C=O) groups excluding carboxylic acids is 1. The van der Waals surface area contributed by atoms with Gasteiger partial charge in [-0.15, -0.1) is 0 Å². The lowest BCUT2D eigenvalue weighted by Gasteiger charge is -2.47. The maximum Gasteiger partial charge on any atom is 0.307 e. The molecule has 31 heavy (non-hydrogen) atoms. The normalized spacial score (nSPS) is 18.0. The zero-order valence-electron chi connectivity index (χ0n) is 17.1. The molecule has 158 valence electrons. The highest BCUT2D eigenvalue weighted by Gasteiger charge is 2.48. The van der Waals surface area contributed by atoms with Crippen molar-refractivity contribution < 1.29 is 19.1 Å². The van der Waals surface area contributed by atoms with Crippen LogP contribution in [0, 0.1) is 11.7 Å². The predicted octanol–water partition coefficient (Wildman–Crippen LogP) is 5.18. The van der Waals surface area contributed by atoms with Crippen LogP contribution in [0.4, 0.5) is 10.1 Å². The Bertz CT molecular complexity index is 1050. The third-order valence-electron chi connectivity index (χ3n) is 5.82. The summed E-state index contributed by atoms with van der Waals surface area (Å²) in [5.41, 5.74) is 3.60. The van der Waals surface area contributed by atoms with E-state index in [0.29, 0.717) is 5.69 Å². The lowest BCUT2D eigenvalue weighted by atomic mass is 9.78. The molecule has 1 aliphatic heterocycles. The van der Waals surface area contributed by atoms with Crippen molar-refractivity contribution >= 4 is 17.6 Å². The van der Waals surface area contributed by atoms with Crippen LogP contribution in [0.2, 0.25) is 0 Å². The molecular weight excluding hydrogens is 393 g/mol. The fraction of sp³-hybridized carbons (Fsp3) is 0.231. The Balaban J connectivity index is 1.54. The summed E-state index contributed by atoms with van der Waals surface area (Å²) in [5.74, 6) is -1.33. The van der Waals surface area contributed by atoms with Crippen LogP contribution in [0.25, 0.3) is 0 Å². The van der Waals surface area contributed by atoms with Crippen LogP contribution in [0.1, 0.15) is 35.6 Å². The van der Waals surface area contributed by atoms with Crippen molar-refractivity contribution in [2.24, 2.45) is 5.92 Å². The van der Waals surface area contributed by atoms with Crippen LogP contribution in [0.15, 0.2) is 78.9 Å². The first-order valence-electron chi connectivity index (χ1n) is 10.5. The maximum absolute atomic E-state index is 13.4. The Morgan fingerprint density at radius 1 is 0.903 bits per heavy atom.